The van der Waals surface area contributed by atoms with Gasteiger partial charge in [0.2, 0.25) is 0 Å². The van der Waals surface area contributed by atoms with Gasteiger partial charge in [-0.3, -0.25) is 9.78 Å². The molecule has 0 saturated carbocycles. The highest BCUT2D eigenvalue weighted by Gasteiger charge is 2.10. The maximum absolute atomic E-state index is 10.9. The van der Waals surface area contributed by atoms with Crippen LogP contribution in [0.15, 0.2) is 24.5 Å². The standard InChI is InChI=1S/C10H15N.C9H18O/c1-3-9(2)8-10-4-6-11-7-5-10;1-4-6-9(7-5-2)8(3)10/h4-7,9H,3,8H2,1-2H3;9H,4-7H2,1-3H3. The van der Waals surface area contributed by atoms with E-state index in [0.717, 1.165) is 31.6 Å². The summed E-state index contributed by atoms with van der Waals surface area (Å²) in [5.74, 6) is 1.50. The summed E-state index contributed by atoms with van der Waals surface area (Å²) >= 11 is 0. The first kappa shape index (κ1) is 19.8. The van der Waals surface area contributed by atoms with Crippen molar-refractivity contribution in [2.75, 3.05) is 0 Å². The fraction of sp³-hybridized carbons (Fsp3) is 0.684. The summed E-state index contributed by atoms with van der Waals surface area (Å²) in [5.41, 5.74) is 1.40. The van der Waals surface area contributed by atoms with Crippen molar-refractivity contribution in [1.82, 2.24) is 4.98 Å². The van der Waals surface area contributed by atoms with Crippen molar-refractivity contribution in [2.45, 2.75) is 73.1 Å². The van der Waals surface area contributed by atoms with Crippen molar-refractivity contribution in [3.63, 3.8) is 0 Å². The number of pyridine rings is 1. The summed E-state index contributed by atoms with van der Waals surface area (Å²) in [4.78, 5) is 14.9. The van der Waals surface area contributed by atoms with Crippen molar-refractivity contribution in [2.24, 2.45) is 11.8 Å². The fourth-order valence-corrected chi connectivity index (χ4v) is 2.31. The lowest BCUT2D eigenvalue weighted by molar-refractivity contribution is -0.121. The molecule has 0 spiro atoms. The van der Waals surface area contributed by atoms with Gasteiger partial charge in [0.25, 0.3) is 0 Å². The SMILES string of the molecule is CCC(C)Cc1ccncc1.CCCC(CCC)C(C)=O. The monoisotopic (exact) mass is 291 g/mol. The average Bonchev–Trinajstić information content (AvgIpc) is 2.48. The van der Waals surface area contributed by atoms with Gasteiger partial charge in [-0.15, -0.1) is 0 Å². The Morgan fingerprint density at radius 3 is 2.00 bits per heavy atom. The van der Waals surface area contributed by atoms with Crippen LogP contribution in [0.25, 0.3) is 0 Å². The summed E-state index contributed by atoms with van der Waals surface area (Å²) in [6.45, 7) is 10.5. The lowest BCUT2D eigenvalue weighted by atomic mass is 9.95. The van der Waals surface area contributed by atoms with E-state index in [1.807, 2.05) is 12.4 Å². The van der Waals surface area contributed by atoms with Gasteiger partial charge in [0, 0.05) is 18.3 Å². The van der Waals surface area contributed by atoms with Gasteiger partial charge >= 0.3 is 0 Å². The zero-order valence-electron chi connectivity index (χ0n) is 14.6. The third-order valence-corrected chi connectivity index (χ3v) is 3.88. The molecule has 120 valence electrons. The molecule has 0 N–H and O–H groups in total. The molecule has 0 aromatic carbocycles. The lowest BCUT2D eigenvalue weighted by Gasteiger charge is -2.09. The van der Waals surface area contributed by atoms with E-state index in [-0.39, 0.29) is 0 Å². The van der Waals surface area contributed by atoms with Crippen LogP contribution >= 0.6 is 0 Å². The Hall–Kier alpha value is -1.18. The van der Waals surface area contributed by atoms with Crippen LogP contribution in [0.4, 0.5) is 0 Å². The van der Waals surface area contributed by atoms with E-state index in [2.05, 4.69) is 44.8 Å². The number of aromatic nitrogens is 1. The van der Waals surface area contributed by atoms with E-state index >= 15 is 0 Å². The van der Waals surface area contributed by atoms with Crippen LogP contribution in [0.2, 0.25) is 0 Å². The molecule has 2 heteroatoms. The van der Waals surface area contributed by atoms with Gasteiger partial charge in [-0.2, -0.15) is 0 Å². The maximum atomic E-state index is 10.9. The zero-order valence-corrected chi connectivity index (χ0v) is 14.6. The first-order chi connectivity index (χ1) is 10.0. The predicted octanol–water partition coefficient (Wildman–Crippen LogP) is 5.46. The second-order valence-electron chi connectivity index (χ2n) is 5.96. The van der Waals surface area contributed by atoms with E-state index in [0.29, 0.717) is 11.7 Å². The number of carbonyl (C=O) groups is 1. The molecule has 21 heavy (non-hydrogen) atoms. The first-order valence-corrected chi connectivity index (χ1v) is 8.44. The molecule has 1 aromatic heterocycles. The maximum Gasteiger partial charge on any atom is 0.132 e. The summed E-state index contributed by atoms with van der Waals surface area (Å²) < 4.78 is 0. The Morgan fingerprint density at radius 2 is 1.62 bits per heavy atom. The van der Waals surface area contributed by atoms with Crippen LogP contribution in [0, 0.1) is 11.8 Å². The Labute approximate surface area is 131 Å². The van der Waals surface area contributed by atoms with Crippen LogP contribution in [0.5, 0.6) is 0 Å². The lowest BCUT2D eigenvalue weighted by Crippen LogP contribution is -2.09. The van der Waals surface area contributed by atoms with Crippen molar-refractivity contribution >= 4 is 5.78 Å². The molecule has 2 nitrogen and oxygen atoms in total. The number of ketones is 1. The van der Waals surface area contributed by atoms with E-state index in [1.165, 1.54) is 18.4 Å². The average molecular weight is 291 g/mol. The number of Topliss-reactive ketones (excluding diaryl/α,β-unsaturated/α-hetero) is 1. The highest BCUT2D eigenvalue weighted by atomic mass is 16.1. The van der Waals surface area contributed by atoms with Crippen molar-refractivity contribution in [3.8, 4) is 0 Å². The number of nitrogens with zero attached hydrogens (tertiary/aromatic N) is 1. The summed E-state index contributed by atoms with van der Waals surface area (Å²) in [6, 6.07) is 4.18. The molecular formula is C19H33NO. The molecule has 1 aromatic rings. The Kier molecular flexibility index (Phi) is 11.8. The molecule has 0 radical (unpaired) electrons. The van der Waals surface area contributed by atoms with Crippen LogP contribution < -0.4 is 0 Å². The van der Waals surface area contributed by atoms with Crippen LogP contribution in [-0.2, 0) is 11.2 Å². The van der Waals surface area contributed by atoms with Gasteiger partial charge < -0.3 is 0 Å². The summed E-state index contributed by atoms with van der Waals surface area (Å²) in [5, 5.41) is 0. The Morgan fingerprint density at radius 1 is 1.10 bits per heavy atom. The molecule has 0 aliphatic carbocycles. The van der Waals surface area contributed by atoms with E-state index in [1.54, 1.807) is 6.92 Å². The van der Waals surface area contributed by atoms with Gasteiger partial charge in [-0.05, 0) is 49.8 Å². The minimum absolute atomic E-state index is 0.343. The van der Waals surface area contributed by atoms with Crippen LogP contribution in [0.1, 0.15) is 72.3 Å². The first-order valence-electron chi connectivity index (χ1n) is 8.44. The van der Waals surface area contributed by atoms with Gasteiger partial charge in [0.15, 0.2) is 0 Å². The van der Waals surface area contributed by atoms with E-state index < -0.39 is 0 Å². The number of carbonyl (C=O) groups excluding carboxylic acids is 1. The third-order valence-electron chi connectivity index (χ3n) is 3.88. The molecule has 1 unspecified atom stereocenters. The normalized spacial score (nSPS) is 11.7. The molecule has 0 aliphatic rings. The van der Waals surface area contributed by atoms with Gasteiger partial charge in [-0.1, -0.05) is 47.0 Å². The van der Waals surface area contributed by atoms with E-state index in [9.17, 15) is 4.79 Å². The molecule has 0 fully saturated rings. The number of hydrogen-bond donors (Lipinski definition) is 0. The predicted molar refractivity (Wildman–Crippen MR) is 91.4 cm³/mol. The molecule has 0 aliphatic heterocycles. The van der Waals surface area contributed by atoms with E-state index in [4.69, 9.17) is 0 Å². The van der Waals surface area contributed by atoms with Crippen LogP contribution in [0.3, 0.4) is 0 Å². The summed E-state index contributed by atoms with van der Waals surface area (Å²) in [7, 11) is 0. The third kappa shape index (κ3) is 10.2. The van der Waals surface area contributed by atoms with Crippen molar-refractivity contribution < 1.29 is 4.79 Å². The quantitative estimate of drug-likeness (QED) is 0.636. The molecule has 0 saturated heterocycles. The van der Waals surface area contributed by atoms with Crippen molar-refractivity contribution in [1.29, 1.82) is 0 Å². The molecule has 1 rings (SSSR count). The minimum Gasteiger partial charge on any atom is -0.300 e. The molecular weight excluding hydrogens is 258 g/mol. The fourth-order valence-electron chi connectivity index (χ4n) is 2.31. The summed E-state index contributed by atoms with van der Waals surface area (Å²) in [6.07, 6.45) is 10.6. The second kappa shape index (κ2) is 12.6. The largest absolute Gasteiger partial charge is 0.300 e. The van der Waals surface area contributed by atoms with Gasteiger partial charge in [-0.25, -0.2) is 0 Å². The Bertz CT molecular complexity index is 355. The molecule has 0 bridgehead atoms. The Balaban J connectivity index is 0.000000384. The minimum atomic E-state index is 0.343. The van der Waals surface area contributed by atoms with Gasteiger partial charge in [0.05, 0.1) is 0 Å². The second-order valence-corrected chi connectivity index (χ2v) is 5.96. The topological polar surface area (TPSA) is 30.0 Å². The molecule has 1 heterocycles. The van der Waals surface area contributed by atoms with Gasteiger partial charge in [0.1, 0.15) is 5.78 Å². The molecule has 1 atom stereocenters. The number of hydrogen-bond acceptors (Lipinski definition) is 2. The highest BCUT2D eigenvalue weighted by molar-refractivity contribution is 5.78. The van der Waals surface area contributed by atoms with Crippen LogP contribution in [-0.4, -0.2) is 10.8 Å². The molecule has 0 amide bonds. The highest BCUT2D eigenvalue weighted by Crippen LogP contribution is 2.13. The number of rotatable bonds is 8. The zero-order chi connectivity index (χ0) is 16.1. The smallest absolute Gasteiger partial charge is 0.132 e. The van der Waals surface area contributed by atoms with Crippen molar-refractivity contribution in [3.05, 3.63) is 30.1 Å².